The second-order valence-corrected chi connectivity index (χ2v) is 5.56. The van der Waals surface area contributed by atoms with E-state index in [4.69, 9.17) is 25.5 Å². The van der Waals surface area contributed by atoms with Crippen molar-refractivity contribution in [3.05, 3.63) is 50.6 Å². The topological polar surface area (TPSA) is 169 Å². The van der Waals surface area contributed by atoms with Crippen LogP contribution in [0.4, 0.5) is 0 Å². The van der Waals surface area contributed by atoms with Gasteiger partial charge >= 0.3 is 23.9 Å². The molecule has 0 fully saturated rings. The standard InChI is InChI=1S/C7H16O.4C3H4O2/c1-7(2,3)5-4-6-8;4*1-2-3(4)5/h8H,4-6H2,1-3H3;4*2H,1H2,(H,4,5). The lowest BCUT2D eigenvalue weighted by Crippen LogP contribution is -2.04. The van der Waals surface area contributed by atoms with Crippen LogP contribution in [-0.2, 0) is 19.2 Å². The van der Waals surface area contributed by atoms with Crippen molar-refractivity contribution in [2.75, 3.05) is 6.61 Å². The summed E-state index contributed by atoms with van der Waals surface area (Å²) in [5, 5.41) is 38.8. The minimum atomic E-state index is -0.981. The van der Waals surface area contributed by atoms with E-state index >= 15 is 0 Å². The summed E-state index contributed by atoms with van der Waals surface area (Å²) in [4.78, 5) is 37.0. The maximum atomic E-state index is 9.25. The molecule has 0 aliphatic carbocycles. The van der Waals surface area contributed by atoms with E-state index in [1.807, 2.05) is 0 Å². The largest absolute Gasteiger partial charge is 0.478 e. The first-order valence-corrected chi connectivity index (χ1v) is 7.67. The van der Waals surface area contributed by atoms with Gasteiger partial charge in [-0.15, -0.1) is 0 Å². The molecule has 162 valence electrons. The summed E-state index contributed by atoms with van der Waals surface area (Å²) in [6, 6.07) is 0. The molecule has 0 aromatic heterocycles. The molecule has 0 amide bonds. The van der Waals surface area contributed by atoms with Crippen LogP contribution in [0.2, 0.25) is 0 Å². The highest BCUT2D eigenvalue weighted by Crippen LogP contribution is 2.19. The van der Waals surface area contributed by atoms with Crippen molar-refractivity contribution < 1.29 is 44.7 Å². The quantitative estimate of drug-likeness (QED) is 0.418. The SMILES string of the molecule is C=CC(=O)O.C=CC(=O)O.C=CC(=O)O.C=CC(=O)O.CC(C)(C)CCCO. The molecule has 28 heavy (non-hydrogen) atoms. The predicted octanol–water partition coefficient (Wildman–Crippen LogP) is 2.83. The second kappa shape index (κ2) is 26.0. The fourth-order valence-corrected chi connectivity index (χ4v) is 0.609. The summed E-state index contributed by atoms with van der Waals surface area (Å²) in [5.41, 5.74) is 0.392. The molecule has 0 spiro atoms. The van der Waals surface area contributed by atoms with E-state index in [9.17, 15) is 19.2 Å². The molecular formula is C19H32O9. The minimum Gasteiger partial charge on any atom is -0.478 e. The van der Waals surface area contributed by atoms with Crippen molar-refractivity contribution in [1.82, 2.24) is 0 Å². The molecule has 0 radical (unpaired) electrons. The van der Waals surface area contributed by atoms with E-state index in [0.29, 0.717) is 12.0 Å². The number of aliphatic carboxylic acids is 4. The molecule has 9 heteroatoms. The fraction of sp³-hybridized carbons (Fsp3) is 0.368. The lowest BCUT2D eigenvalue weighted by atomic mass is 9.91. The lowest BCUT2D eigenvalue weighted by Gasteiger charge is -2.16. The molecule has 0 unspecified atom stereocenters. The van der Waals surface area contributed by atoms with Gasteiger partial charge in [0.15, 0.2) is 0 Å². The molecule has 0 aromatic carbocycles. The van der Waals surface area contributed by atoms with E-state index in [1.165, 1.54) is 0 Å². The first-order valence-electron chi connectivity index (χ1n) is 7.67. The van der Waals surface area contributed by atoms with E-state index < -0.39 is 23.9 Å². The molecule has 0 aliphatic rings. The van der Waals surface area contributed by atoms with Crippen LogP contribution < -0.4 is 0 Å². The smallest absolute Gasteiger partial charge is 0.327 e. The first-order chi connectivity index (χ1) is 12.6. The summed E-state index contributed by atoms with van der Waals surface area (Å²) in [6.45, 7) is 18.7. The number of aliphatic hydroxyl groups is 1. The molecule has 0 atom stereocenters. The zero-order valence-corrected chi connectivity index (χ0v) is 16.6. The van der Waals surface area contributed by atoms with Gasteiger partial charge in [0.05, 0.1) is 0 Å². The van der Waals surface area contributed by atoms with E-state index in [2.05, 4.69) is 47.1 Å². The van der Waals surface area contributed by atoms with Gasteiger partial charge in [-0.05, 0) is 18.3 Å². The molecule has 0 heterocycles. The third-order valence-electron chi connectivity index (χ3n) is 1.78. The molecule has 5 N–H and O–H groups in total. The Bertz CT molecular complexity index is 414. The summed E-state index contributed by atoms with van der Waals surface area (Å²) in [7, 11) is 0. The average molecular weight is 404 g/mol. The second-order valence-electron chi connectivity index (χ2n) is 5.56. The van der Waals surface area contributed by atoms with Crippen LogP contribution in [-0.4, -0.2) is 56.0 Å². The van der Waals surface area contributed by atoms with Crippen LogP contribution in [0, 0.1) is 5.41 Å². The summed E-state index contributed by atoms with van der Waals surface area (Å²) >= 11 is 0. The Morgan fingerprint density at radius 2 is 0.857 bits per heavy atom. The van der Waals surface area contributed by atoms with Gasteiger partial charge in [0.25, 0.3) is 0 Å². The number of rotatable bonds is 6. The summed E-state index contributed by atoms with van der Waals surface area (Å²) < 4.78 is 0. The lowest BCUT2D eigenvalue weighted by molar-refractivity contribution is -0.132. The highest BCUT2D eigenvalue weighted by Gasteiger charge is 2.07. The van der Waals surface area contributed by atoms with Crippen molar-refractivity contribution in [2.45, 2.75) is 33.6 Å². The number of carboxylic acid groups (broad SMARTS) is 4. The molecule has 9 nitrogen and oxygen atoms in total. The summed E-state index contributed by atoms with van der Waals surface area (Å²) in [6.07, 6.45) is 5.38. The zero-order chi connectivity index (χ0) is 23.8. The first kappa shape index (κ1) is 35.8. The Labute approximate surface area is 165 Å². The van der Waals surface area contributed by atoms with Crippen LogP contribution in [0.5, 0.6) is 0 Å². The van der Waals surface area contributed by atoms with Gasteiger partial charge in [-0.3, -0.25) is 0 Å². The van der Waals surface area contributed by atoms with Crippen LogP contribution >= 0.6 is 0 Å². The van der Waals surface area contributed by atoms with Gasteiger partial charge in [-0.25, -0.2) is 19.2 Å². The van der Waals surface area contributed by atoms with Gasteiger partial charge < -0.3 is 25.5 Å². The number of carboxylic acids is 4. The van der Waals surface area contributed by atoms with Crippen molar-refractivity contribution >= 4 is 23.9 Å². The maximum Gasteiger partial charge on any atom is 0.327 e. The fourth-order valence-electron chi connectivity index (χ4n) is 0.609. The minimum absolute atomic E-state index is 0.331. The third-order valence-corrected chi connectivity index (χ3v) is 1.78. The normalized spacial score (nSPS) is 8.00. The molecule has 0 rings (SSSR count). The van der Waals surface area contributed by atoms with Gasteiger partial charge in [0.1, 0.15) is 0 Å². The van der Waals surface area contributed by atoms with Gasteiger partial charge in [-0.1, -0.05) is 47.1 Å². The van der Waals surface area contributed by atoms with Crippen molar-refractivity contribution in [3.8, 4) is 0 Å². The van der Waals surface area contributed by atoms with Gasteiger partial charge in [0, 0.05) is 30.9 Å². The molecule has 0 saturated carbocycles. The van der Waals surface area contributed by atoms with Crippen molar-refractivity contribution in [3.63, 3.8) is 0 Å². The van der Waals surface area contributed by atoms with E-state index in [0.717, 1.165) is 37.1 Å². The van der Waals surface area contributed by atoms with Crippen LogP contribution in [0.1, 0.15) is 33.6 Å². The third kappa shape index (κ3) is 113. The molecule has 0 aromatic rings. The van der Waals surface area contributed by atoms with Crippen LogP contribution in [0.25, 0.3) is 0 Å². The zero-order valence-electron chi connectivity index (χ0n) is 16.6. The van der Waals surface area contributed by atoms with Crippen LogP contribution in [0.15, 0.2) is 50.6 Å². The highest BCUT2D eigenvalue weighted by molar-refractivity contribution is 5.79. The predicted molar refractivity (Wildman–Crippen MR) is 107 cm³/mol. The Balaban J connectivity index is -0.0000000802. The highest BCUT2D eigenvalue weighted by atomic mass is 16.4. The van der Waals surface area contributed by atoms with E-state index in [1.54, 1.807) is 0 Å². The van der Waals surface area contributed by atoms with Gasteiger partial charge in [-0.2, -0.15) is 0 Å². The van der Waals surface area contributed by atoms with Gasteiger partial charge in [0.2, 0.25) is 0 Å². The number of hydrogen-bond donors (Lipinski definition) is 5. The van der Waals surface area contributed by atoms with Crippen molar-refractivity contribution in [1.29, 1.82) is 0 Å². The number of hydrogen-bond acceptors (Lipinski definition) is 5. The van der Waals surface area contributed by atoms with E-state index in [-0.39, 0.29) is 0 Å². The molecule has 0 aliphatic heterocycles. The number of aliphatic hydroxyl groups excluding tert-OH is 1. The summed E-state index contributed by atoms with van der Waals surface area (Å²) in [5.74, 6) is -3.93. The Kier molecular flexibility index (Phi) is 33.3. The number of carbonyl (C=O) groups is 4. The maximum absolute atomic E-state index is 9.25. The molecule has 0 saturated heterocycles. The Hall–Kier alpha value is -3.20. The molecular weight excluding hydrogens is 372 g/mol. The van der Waals surface area contributed by atoms with Crippen molar-refractivity contribution in [2.24, 2.45) is 5.41 Å². The Morgan fingerprint density at radius 1 is 0.679 bits per heavy atom. The van der Waals surface area contributed by atoms with Crippen LogP contribution in [0.3, 0.4) is 0 Å². The Morgan fingerprint density at radius 3 is 0.893 bits per heavy atom. The molecule has 0 bridgehead atoms. The average Bonchev–Trinajstić information content (AvgIpc) is 2.61. The monoisotopic (exact) mass is 404 g/mol.